The third-order valence-corrected chi connectivity index (χ3v) is 4.71. The van der Waals surface area contributed by atoms with Crippen LogP contribution in [0.15, 0.2) is 39.3 Å². The van der Waals surface area contributed by atoms with E-state index in [9.17, 15) is 9.18 Å². The second-order valence-corrected chi connectivity index (χ2v) is 7.23. The average molecular weight is 378 g/mol. The molecule has 25 heavy (non-hydrogen) atoms. The normalized spacial score (nSPS) is 11.0. The maximum Gasteiger partial charge on any atom is 0.277 e. The minimum Gasteiger partial charge on any atom is -0.416 e. The first-order valence-electron chi connectivity index (χ1n) is 7.49. The predicted molar refractivity (Wildman–Crippen MR) is 95.2 cm³/mol. The number of hydrogen-bond acceptors (Lipinski definition) is 7. The van der Waals surface area contributed by atoms with Crippen LogP contribution in [0.3, 0.4) is 0 Å². The molecule has 9 heteroatoms. The van der Waals surface area contributed by atoms with Gasteiger partial charge in [0.05, 0.1) is 11.4 Å². The van der Waals surface area contributed by atoms with Gasteiger partial charge in [-0.15, -0.1) is 21.5 Å². The molecule has 0 fully saturated rings. The number of benzene rings is 1. The van der Waals surface area contributed by atoms with Gasteiger partial charge in [0, 0.05) is 16.9 Å². The molecule has 0 aliphatic rings. The van der Waals surface area contributed by atoms with Gasteiger partial charge in [0.2, 0.25) is 11.8 Å². The molecular formula is C16H15FN4O2S2. The number of nitrogens with one attached hydrogen (secondary N) is 1. The SMILES string of the molecule is CC(C)c1nnc(SCC(=O)Nc2nc(-c3ccc(F)cc3)cs2)o1. The number of thioether (sulfide) groups is 1. The highest BCUT2D eigenvalue weighted by Crippen LogP contribution is 2.25. The molecule has 1 N–H and O–H groups in total. The van der Waals surface area contributed by atoms with Crippen molar-refractivity contribution in [1.29, 1.82) is 0 Å². The standard InChI is InChI=1S/C16H15FN4O2S2/c1-9(2)14-20-21-16(23-14)25-8-13(22)19-15-18-12(7-24-15)10-3-5-11(17)6-4-10/h3-7,9H,8H2,1-2H3,(H,18,19,22). The summed E-state index contributed by atoms with van der Waals surface area (Å²) in [6.45, 7) is 3.91. The molecule has 0 aliphatic carbocycles. The van der Waals surface area contributed by atoms with Crippen molar-refractivity contribution >= 4 is 34.1 Å². The lowest BCUT2D eigenvalue weighted by molar-refractivity contribution is -0.113. The van der Waals surface area contributed by atoms with Gasteiger partial charge in [-0.25, -0.2) is 9.37 Å². The van der Waals surface area contributed by atoms with Gasteiger partial charge in [-0.1, -0.05) is 25.6 Å². The molecule has 2 heterocycles. The lowest BCUT2D eigenvalue weighted by Gasteiger charge is -2.00. The van der Waals surface area contributed by atoms with Crippen molar-refractivity contribution in [3.05, 3.63) is 41.4 Å². The molecule has 0 saturated carbocycles. The number of amides is 1. The van der Waals surface area contributed by atoms with Gasteiger partial charge in [0.25, 0.3) is 5.22 Å². The maximum atomic E-state index is 13.0. The Morgan fingerprint density at radius 1 is 1.32 bits per heavy atom. The van der Waals surface area contributed by atoms with Crippen molar-refractivity contribution in [2.24, 2.45) is 0 Å². The van der Waals surface area contributed by atoms with Crippen LogP contribution in [0.5, 0.6) is 0 Å². The number of anilines is 1. The van der Waals surface area contributed by atoms with Crippen LogP contribution in [-0.2, 0) is 4.79 Å². The average Bonchev–Trinajstić information content (AvgIpc) is 3.23. The number of rotatable bonds is 6. The summed E-state index contributed by atoms with van der Waals surface area (Å²) in [5.74, 6) is 0.327. The summed E-state index contributed by atoms with van der Waals surface area (Å²) in [5.41, 5.74) is 1.48. The Morgan fingerprint density at radius 2 is 2.08 bits per heavy atom. The van der Waals surface area contributed by atoms with Crippen LogP contribution in [0.2, 0.25) is 0 Å². The third-order valence-electron chi connectivity index (χ3n) is 3.13. The number of aromatic nitrogens is 3. The zero-order valence-electron chi connectivity index (χ0n) is 13.5. The molecule has 0 radical (unpaired) electrons. The number of carbonyl (C=O) groups excluding carboxylic acids is 1. The van der Waals surface area contributed by atoms with Crippen LogP contribution in [-0.4, -0.2) is 26.8 Å². The topological polar surface area (TPSA) is 80.9 Å². The molecule has 0 saturated heterocycles. The van der Waals surface area contributed by atoms with Crippen LogP contribution in [0, 0.1) is 5.82 Å². The number of carbonyl (C=O) groups is 1. The minimum absolute atomic E-state index is 0.144. The van der Waals surface area contributed by atoms with E-state index in [2.05, 4.69) is 20.5 Å². The summed E-state index contributed by atoms with van der Waals surface area (Å²) in [5, 5.41) is 13.2. The fourth-order valence-corrected chi connectivity index (χ4v) is 3.18. The molecular weight excluding hydrogens is 363 g/mol. The van der Waals surface area contributed by atoms with Crippen molar-refractivity contribution in [2.75, 3.05) is 11.1 Å². The highest BCUT2D eigenvalue weighted by Gasteiger charge is 2.13. The van der Waals surface area contributed by atoms with Crippen LogP contribution < -0.4 is 5.32 Å². The zero-order chi connectivity index (χ0) is 17.8. The van der Waals surface area contributed by atoms with Gasteiger partial charge in [-0.05, 0) is 24.3 Å². The van der Waals surface area contributed by atoms with Crippen molar-refractivity contribution in [1.82, 2.24) is 15.2 Å². The molecule has 3 rings (SSSR count). The van der Waals surface area contributed by atoms with E-state index in [1.165, 1.54) is 35.2 Å². The third kappa shape index (κ3) is 4.64. The Labute approximate surface area is 151 Å². The quantitative estimate of drug-likeness (QED) is 0.648. The molecule has 0 atom stereocenters. The number of thiazole rings is 1. The summed E-state index contributed by atoms with van der Waals surface area (Å²) < 4.78 is 18.4. The summed E-state index contributed by atoms with van der Waals surface area (Å²) in [6, 6.07) is 6.04. The van der Waals surface area contributed by atoms with Gasteiger partial charge in [0.15, 0.2) is 5.13 Å². The van der Waals surface area contributed by atoms with E-state index in [1.807, 2.05) is 19.2 Å². The molecule has 3 aromatic rings. The smallest absolute Gasteiger partial charge is 0.277 e. The Bertz CT molecular complexity index is 861. The molecule has 0 unspecified atom stereocenters. The van der Waals surface area contributed by atoms with E-state index in [4.69, 9.17) is 4.42 Å². The van der Waals surface area contributed by atoms with E-state index < -0.39 is 0 Å². The Hall–Kier alpha value is -2.26. The second-order valence-electron chi connectivity index (χ2n) is 5.44. The number of nitrogens with zero attached hydrogens (tertiary/aromatic N) is 3. The van der Waals surface area contributed by atoms with Gasteiger partial charge >= 0.3 is 0 Å². The molecule has 130 valence electrons. The van der Waals surface area contributed by atoms with Gasteiger partial charge in [-0.2, -0.15) is 0 Å². The van der Waals surface area contributed by atoms with Crippen molar-refractivity contribution in [2.45, 2.75) is 25.0 Å². The van der Waals surface area contributed by atoms with E-state index in [0.29, 0.717) is 21.9 Å². The first kappa shape index (κ1) is 17.6. The summed E-state index contributed by atoms with van der Waals surface area (Å²) in [7, 11) is 0. The fourth-order valence-electron chi connectivity index (χ4n) is 1.88. The first-order valence-corrected chi connectivity index (χ1v) is 9.35. The predicted octanol–water partition coefficient (Wildman–Crippen LogP) is 4.19. The minimum atomic E-state index is -0.300. The van der Waals surface area contributed by atoms with E-state index >= 15 is 0 Å². The first-order chi connectivity index (χ1) is 12.0. The lowest BCUT2D eigenvalue weighted by atomic mass is 10.2. The van der Waals surface area contributed by atoms with Crippen molar-refractivity contribution < 1.29 is 13.6 Å². The highest BCUT2D eigenvalue weighted by molar-refractivity contribution is 7.99. The monoisotopic (exact) mass is 378 g/mol. The highest BCUT2D eigenvalue weighted by atomic mass is 32.2. The molecule has 2 aromatic heterocycles. The van der Waals surface area contributed by atoms with Gasteiger partial charge in [0.1, 0.15) is 5.82 Å². The molecule has 1 aromatic carbocycles. The molecule has 1 amide bonds. The summed E-state index contributed by atoms with van der Waals surface area (Å²) >= 11 is 2.48. The van der Waals surface area contributed by atoms with E-state index in [0.717, 1.165) is 5.56 Å². The Balaban J connectivity index is 1.55. The van der Waals surface area contributed by atoms with Crippen LogP contribution in [0.1, 0.15) is 25.7 Å². The Kier molecular flexibility index (Phi) is 5.44. The lowest BCUT2D eigenvalue weighted by Crippen LogP contribution is -2.13. The molecule has 0 bridgehead atoms. The van der Waals surface area contributed by atoms with Crippen LogP contribution in [0.4, 0.5) is 9.52 Å². The number of halogens is 1. The fraction of sp³-hybridized carbons (Fsp3) is 0.250. The van der Waals surface area contributed by atoms with Gasteiger partial charge in [-0.3, -0.25) is 4.79 Å². The van der Waals surface area contributed by atoms with E-state index in [1.54, 1.807) is 12.1 Å². The molecule has 6 nitrogen and oxygen atoms in total. The zero-order valence-corrected chi connectivity index (χ0v) is 15.2. The van der Waals surface area contributed by atoms with Crippen molar-refractivity contribution in [3.8, 4) is 11.3 Å². The molecule has 0 spiro atoms. The second kappa shape index (κ2) is 7.75. The largest absolute Gasteiger partial charge is 0.416 e. The summed E-state index contributed by atoms with van der Waals surface area (Å²) in [6.07, 6.45) is 0. The van der Waals surface area contributed by atoms with Crippen LogP contribution in [0.25, 0.3) is 11.3 Å². The number of hydrogen-bond donors (Lipinski definition) is 1. The molecule has 0 aliphatic heterocycles. The maximum absolute atomic E-state index is 13.0. The van der Waals surface area contributed by atoms with E-state index in [-0.39, 0.29) is 23.4 Å². The summed E-state index contributed by atoms with van der Waals surface area (Å²) in [4.78, 5) is 16.3. The van der Waals surface area contributed by atoms with Crippen LogP contribution >= 0.6 is 23.1 Å². The van der Waals surface area contributed by atoms with Crippen molar-refractivity contribution in [3.63, 3.8) is 0 Å². The Morgan fingerprint density at radius 3 is 2.76 bits per heavy atom. The van der Waals surface area contributed by atoms with Gasteiger partial charge < -0.3 is 9.73 Å².